The number of hydrogen-bond donors (Lipinski definition) is 0. The quantitative estimate of drug-likeness (QED) is 0.0346. The van der Waals surface area contributed by atoms with Crippen molar-refractivity contribution >= 4 is 17.9 Å². The molecular formula is C52H100O6. The van der Waals surface area contributed by atoms with Crippen molar-refractivity contribution in [3.8, 4) is 0 Å². The smallest absolute Gasteiger partial charge is 0.306 e. The van der Waals surface area contributed by atoms with Crippen molar-refractivity contribution in [1.29, 1.82) is 0 Å². The first kappa shape index (κ1) is 56.4. The van der Waals surface area contributed by atoms with Gasteiger partial charge >= 0.3 is 17.9 Å². The van der Waals surface area contributed by atoms with Crippen LogP contribution in [0.4, 0.5) is 0 Å². The maximum atomic E-state index is 12.8. The predicted octanol–water partition coefficient (Wildman–Crippen LogP) is 16.5. The highest BCUT2D eigenvalue weighted by Gasteiger charge is 2.19. The highest BCUT2D eigenvalue weighted by molar-refractivity contribution is 5.71. The number of ether oxygens (including phenoxy) is 3. The molecule has 6 heteroatoms. The van der Waals surface area contributed by atoms with Gasteiger partial charge in [-0.15, -0.1) is 0 Å². The molecule has 0 N–H and O–H groups in total. The van der Waals surface area contributed by atoms with E-state index in [0.717, 1.165) is 69.6 Å². The van der Waals surface area contributed by atoms with Gasteiger partial charge in [0.05, 0.1) is 0 Å². The van der Waals surface area contributed by atoms with Crippen molar-refractivity contribution in [3.63, 3.8) is 0 Å². The molecule has 0 aromatic rings. The van der Waals surface area contributed by atoms with Crippen molar-refractivity contribution in [2.45, 2.75) is 291 Å². The van der Waals surface area contributed by atoms with Crippen LogP contribution in [-0.4, -0.2) is 37.2 Å². The Balaban J connectivity index is 4.27. The normalized spacial score (nSPS) is 13.0. The molecule has 0 saturated heterocycles. The van der Waals surface area contributed by atoms with Crippen LogP contribution in [0, 0.1) is 11.8 Å². The van der Waals surface area contributed by atoms with E-state index in [-0.39, 0.29) is 31.1 Å². The monoisotopic (exact) mass is 821 g/mol. The van der Waals surface area contributed by atoms with Gasteiger partial charge in [0.2, 0.25) is 0 Å². The topological polar surface area (TPSA) is 78.9 Å². The van der Waals surface area contributed by atoms with Crippen molar-refractivity contribution in [1.82, 2.24) is 0 Å². The van der Waals surface area contributed by atoms with Crippen LogP contribution < -0.4 is 0 Å². The standard InChI is InChI=1S/C52H100O6/c1-6-9-10-11-12-13-14-15-16-17-18-19-20-21-22-26-32-37-42-50(53)56-45-49(46-57-51(54)43-38-33-29-28-31-36-41-48(5)8-3)58-52(55)44-39-34-27-24-23-25-30-35-40-47(4)7-2/h47-49H,6-46H2,1-5H3/t47?,48?,49-/m0/s1. The molecule has 0 spiro atoms. The lowest BCUT2D eigenvalue weighted by atomic mass is 9.99. The first-order valence-electron chi connectivity index (χ1n) is 25.8. The Labute approximate surface area is 361 Å². The summed E-state index contributed by atoms with van der Waals surface area (Å²) in [7, 11) is 0. The zero-order valence-electron chi connectivity index (χ0n) is 39.7. The molecule has 3 atom stereocenters. The van der Waals surface area contributed by atoms with Crippen LogP contribution in [0.1, 0.15) is 285 Å². The Hall–Kier alpha value is -1.59. The molecule has 2 unspecified atom stereocenters. The van der Waals surface area contributed by atoms with E-state index >= 15 is 0 Å². The van der Waals surface area contributed by atoms with Crippen molar-refractivity contribution in [2.24, 2.45) is 11.8 Å². The number of unbranched alkanes of at least 4 members (excludes halogenated alkanes) is 29. The average Bonchev–Trinajstić information content (AvgIpc) is 3.22. The molecule has 0 aromatic heterocycles. The fourth-order valence-electron chi connectivity index (χ4n) is 7.75. The number of esters is 3. The third-order valence-corrected chi connectivity index (χ3v) is 12.4. The van der Waals surface area contributed by atoms with Crippen molar-refractivity contribution in [2.75, 3.05) is 13.2 Å². The second-order valence-electron chi connectivity index (χ2n) is 18.3. The Morgan fingerprint density at radius 2 is 0.603 bits per heavy atom. The van der Waals surface area contributed by atoms with Crippen LogP contribution in [0.15, 0.2) is 0 Å². The summed E-state index contributed by atoms with van der Waals surface area (Å²) in [5.74, 6) is 0.805. The molecule has 0 heterocycles. The summed E-state index contributed by atoms with van der Waals surface area (Å²) in [6.07, 6.45) is 45.2. The van der Waals surface area contributed by atoms with E-state index in [4.69, 9.17) is 14.2 Å². The fraction of sp³-hybridized carbons (Fsp3) is 0.942. The molecule has 6 nitrogen and oxygen atoms in total. The first-order chi connectivity index (χ1) is 28.3. The number of carbonyl (C=O) groups excluding carboxylic acids is 3. The van der Waals surface area contributed by atoms with Gasteiger partial charge in [0, 0.05) is 19.3 Å². The second-order valence-corrected chi connectivity index (χ2v) is 18.3. The van der Waals surface area contributed by atoms with E-state index in [2.05, 4.69) is 34.6 Å². The van der Waals surface area contributed by atoms with Gasteiger partial charge in [0.15, 0.2) is 6.10 Å². The minimum Gasteiger partial charge on any atom is -0.462 e. The van der Waals surface area contributed by atoms with Crippen LogP contribution in [0.2, 0.25) is 0 Å². The first-order valence-corrected chi connectivity index (χ1v) is 25.8. The van der Waals surface area contributed by atoms with E-state index < -0.39 is 6.10 Å². The molecule has 0 amide bonds. The highest BCUT2D eigenvalue weighted by atomic mass is 16.6. The molecule has 0 radical (unpaired) electrons. The Kier molecular flexibility index (Phi) is 43.7. The summed E-state index contributed by atoms with van der Waals surface area (Å²) in [6, 6.07) is 0. The SMILES string of the molecule is CCCCCCCCCCCCCCCCCCCCC(=O)OC[C@@H](COC(=O)CCCCCCCCC(C)CC)OC(=O)CCCCCCCCCCC(C)CC. The van der Waals surface area contributed by atoms with E-state index in [1.807, 2.05) is 0 Å². The molecule has 0 aliphatic carbocycles. The maximum absolute atomic E-state index is 12.8. The van der Waals surface area contributed by atoms with Crippen LogP contribution in [0.25, 0.3) is 0 Å². The van der Waals surface area contributed by atoms with Crippen molar-refractivity contribution < 1.29 is 28.6 Å². The molecule has 0 aliphatic heterocycles. The number of hydrogen-bond acceptors (Lipinski definition) is 6. The molecule has 344 valence electrons. The van der Waals surface area contributed by atoms with Gasteiger partial charge in [-0.05, 0) is 31.1 Å². The molecule has 0 bridgehead atoms. The summed E-state index contributed by atoms with van der Waals surface area (Å²) in [5.41, 5.74) is 0. The summed E-state index contributed by atoms with van der Waals surface area (Å²) in [5, 5.41) is 0. The van der Waals surface area contributed by atoms with Crippen LogP contribution in [0.5, 0.6) is 0 Å². The van der Waals surface area contributed by atoms with Gasteiger partial charge in [-0.25, -0.2) is 0 Å². The van der Waals surface area contributed by atoms with Crippen LogP contribution in [0.3, 0.4) is 0 Å². The Morgan fingerprint density at radius 3 is 0.897 bits per heavy atom. The molecule has 0 aliphatic rings. The summed E-state index contributed by atoms with van der Waals surface area (Å²) < 4.78 is 16.8. The Bertz CT molecular complexity index is 889. The van der Waals surface area contributed by atoms with E-state index in [9.17, 15) is 14.4 Å². The minimum absolute atomic E-state index is 0.0649. The fourth-order valence-corrected chi connectivity index (χ4v) is 7.75. The number of carbonyl (C=O) groups is 3. The highest BCUT2D eigenvalue weighted by Crippen LogP contribution is 2.18. The second kappa shape index (κ2) is 44.9. The van der Waals surface area contributed by atoms with Crippen molar-refractivity contribution in [3.05, 3.63) is 0 Å². The molecule has 0 fully saturated rings. The van der Waals surface area contributed by atoms with Crippen LogP contribution in [-0.2, 0) is 28.6 Å². The summed E-state index contributed by atoms with van der Waals surface area (Å²) >= 11 is 0. The lowest BCUT2D eigenvalue weighted by molar-refractivity contribution is -0.167. The average molecular weight is 821 g/mol. The van der Waals surface area contributed by atoms with Gasteiger partial charge in [0.25, 0.3) is 0 Å². The van der Waals surface area contributed by atoms with Gasteiger partial charge < -0.3 is 14.2 Å². The van der Waals surface area contributed by atoms with Gasteiger partial charge in [-0.3, -0.25) is 14.4 Å². The lowest BCUT2D eigenvalue weighted by Gasteiger charge is -2.18. The molecule has 58 heavy (non-hydrogen) atoms. The summed E-state index contributed by atoms with van der Waals surface area (Å²) in [6.45, 7) is 11.3. The lowest BCUT2D eigenvalue weighted by Crippen LogP contribution is -2.30. The van der Waals surface area contributed by atoms with Gasteiger partial charge in [-0.1, -0.05) is 247 Å². The summed E-state index contributed by atoms with van der Waals surface area (Å²) in [4.78, 5) is 37.9. The van der Waals surface area contributed by atoms with E-state index in [1.165, 1.54) is 173 Å². The van der Waals surface area contributed by atoms with Gasteiger partial charge in [0.1, 0.15) is 13.2 Å². The van der Waals surface area contributed by atoms with Gasteiger partial charge in [-0.2, -0.15) is 0 Å². The van der Waals surface area contributed by atoms with Crippen LogP contribution >= 0.6 is 0 Å². The van der Waals surface area contributed by atoms with E-state index in [0.29, 0.717) is 19.3 Å². The molecule has 0 saturated carbocycles. The minimum atomic E-state index is -0.762. The van der Waals surface area contributed by atoms with E-state index in [1.54, 1.807) is 0 Å². The maximum Gasteiger partial charge on any atom is 0.306 e. The third kappa shape index (κ3) is 42.5. The molecular weight excluding hydrogens is 721 g/mol. The Morgan fingerprint density at radius 1 is 0.345 bits per heavy atom. The third-order valence-electron chi connectivity index (χ3n) is 12.4. The predicted molar refractivity (Wildman–Crippen MR) is 247 cm³/mol. The number of rotatable bonds is 46. The zero-order valence-corrected chi connectivity index (χ0v) is 39.7. The molecule has 0 aromatic carbocycles. The largest absolute Gasteiger partial charge is 0.462 e. The molecule has 0 rings (SSSR count). The zero-order chi connectivity index (χ0) is 42.6.